The zero-order valence-corrected chi connectivity index (χ0v) is 14.5. The number of carbonyl (C=O) groups excluding carboxylic acids is 1. The standard InChI is InChI=1S/C19H18FN3OS/c20-15-7-4-5-9-17(15)22-18(24)12-25-19-14(11-21)10-13-6-2-1-3-8-16(13)23-19/h4-5,7,9-10H,1-3,6,8,12H2,(H,22,24). The molecule has 1 aromatic carbocycles. The maximum atomic E-state index is 13.6. The van der Waals surface area contributed by atoms with Crippen molar-refractivity contribution >= 4 is 23.4 Å². The van der Waals surface area contributed by atoms with Gasteiger partial charge in [-0.1, -0.05) is 30.3 Å². The van der Waals surface area contributed by atoms with Crippen LogP contribution in [0.4, 0.5) is 10.1 Å². The van der Waals surface area contributed by atoms with Crippen molar-refractivity contribution in [3.8, 4) is 6.07 Å². The molecule has 1 amide bonds. The summed E-state index contributed by atoms with van der Waals surface area (Å²) >= 11 is 1.22. The average molecular weight is 355 g/mol. The third-order valence-corrected chi connectivity index (χ3v) is 5.12. The van der Waals surface area contributed by atoms with Crippen LogP contribution >= 0.6 is 11.8 Å². The second-order valence-corrected chi connectivity index (χ2v) is 6.90. The van der Waals surface area contributed by atoms with E-state index in [0.29, 0.717) is 10.6 Å². The van der Waals surface area contributed by atoms with Gasteiger partial charge >= 0.3 is 0 Å². The number of para-hydroxylation sites is 1. The molecule has 25 heavy (non-hydrogen) atoms. The number of rotatable bonds is 4. The number of fused-ring (bicyclic) bond motifs is 1. The van der Waals surface area contributed by atoms with E-state index in [-0.39, 0.29) is 17.3 Å². The lowest BCUT2D eigenvalue weighted by atomic mass is 10.1. The summed E-state index contributed by atoms with van der Waals surface area (Å²) in [6.07, 6.45) is 5.26. The first-order chi connectivity index (χ1) is 12.2. The number of aryl methyl sites for hydroxylation is 2. The maximum Gasteiger partial charge on any atom is 0.234 e. The summed E-state index contributed by atoms with van der Waals surface area (Å²) in [5.41, 5.74) is 2.84. The van der Waals surface area contributed by atoms with Gasteiger partial charge in [0.25, 0.3) is 0 Å². The third-order valence-electron chi connectivity index (χ3n) is 4.12. The molecular weight excluding hydrogens is 337 g/mol. The molecule has 128 valence electrons. The van der Waals surface area contributed by atoms with Crippen molar-refractivity contribution in [3.05, 3.63) is 53.0 Å². The van der Waals surface area contributed by atoms with Crippen LogP contribution in [-0.2, 0) is 17.6 Å². The normalized spacial score (nSPS) is 13.4. The highest BCUT2D eigenvalue weighted by atomic mass is 32.2. The van der Waals surface area contributed by atoms with Crippen LogP contribution in [0.5, 0.6) is 0 Å². The van der Waals surface area contributed by atoms with Gasteiger partial charge in [-0.05, 0) is 49.4 Å². The Morgan fingerprint density at radius 3 is 2.88 bits per heavy atom. The second kappa shape index (κ2) is 8.13. The molecule has 0 fully saturated rings. The quantitative estimate of drug-likeness (QED) is 0.663. The second-order valence-electron chi connectivity index (χ2n) is 5.94. The lowest BCUT2D eigenvalue weighted by Gasteiger charge is -2.10. The van der Waals surface area contributed by atoms with E-state index in [9.17, 15) is 14.4 Å². The number of pyridine rings is 1. The average Bonchev–Trinajstić information content (AvgIpc) is 2.85. The van der Waals surface area contributed by atoms with Gasteiger partial charge in [-0.15, -0.1) is 0 Å². The highest BCUT2D eigenvalue weighted by Gasteiger charge is 2.16. The van der Waals surface area contributed by atoms with Gasteiger partial charge in [0, 0.05) is 5.69 Å². The van der Waals surface area contributed by atoms with E-state index in [0.717, 1.165) is 36.9 Å². The number of anilines is 1. The van der Waals surface area contributed by atoms with Crippen molar-refractivity contribution < 1.29 is 9.18 Å². The number of aromatic nitrogens is 1. The molecule has 1 aromatic heterocycles. The number of halogens is 1. The molecule has 3 rings (SSSR count). The molecule has 0 saturated carbocycles. The van der Waals surface area contributed by atoms with E-state index in [1.807, 2.05) is 6.07 Å². The minimum atomic E-state index is -0.471. The molecule has 1 aliphatic carbocycles. The number of nitrogens with zero attached hydrogens (tertiary/aromatic N) is 2. The highest BCUT2D eigenvalue weighted by molar-refractivity contribution is 8.00. The molecule has 0 radical (unpaired) electrons. The largest absolute Gasteiger partial charge is 0.323 e. The fraction of sp³-hybridized carbons (Fsp3) is 0.316. The minimum Gasteiger partial charge on any atom is -0.323 e. The number of benzene rings is 1. The molecule has 0 saturated heterocycles. The Morgan fingerprint density at radius 2 is 2.08 bits per heavy atom. The van der Waals surface area contributed by atoms with Gasteiger partial charge in [0.1, 0.15) is 16.9 Å². The van der Waals surface area contributed by atoms with Crippen molar-refractivity contribution in [1.82, 2.24) is 4.98 Å². The van der Waals surface area contributed by atoms with E-state index >= 15 is 0 Å². The minimum absolute atomic E-state index is 0.0782. The van der Waals surface area contributed by atoms with Gasteiger partial charge in [-0.2, -0.15) is 5.26 Å². The van der Waals surface area contributed by atoms with Crippen molar-refractivity contribution in [1.29, 1.82) is 5.26 Å². The van der Waals surface area contributed by atoms with Crippen LogP contribution < -0.4 is 5.32 Å². The monoisotopic (exact) mass is 355 g/mol. The van der Waals surface area contributed by atoms with Crippen molar-refractivity contribution in [2.75, 3.05) is 11.1 Å². The van der Waals surface area contributed by atoms with E-state index in [4.69, 9.17) is 0 Å². The molecule has 1 heterocycles. The van der Waals surface area contributed by atoms with Crippen LogP contribution in [0.1, 0.15) is 36.1 Å². The number of thioether (sulfide) groups is 1. The summed E-state index contributed by atoms with van der Waals surface area (Å²) in [6, 6.07) is 10.1. The molecule has 6 heteroatoms. The first kappa shape index (κ1) is 17.4. The van der Waals surface area contributed by atoms with Gasteiger partial charge in [0.2, 0.25) is 5.91 Å². The molecular formula is C19H18FN3OS. The predicted octanol–water partition coefficient (Wildman–Crippen LogP) is 4.09. The van der Waals surface area contributed by atoms with Crippen LogP contribution in [0.15, 0.2) is 35.4 Å². The molecule has 2 aromatic rings. The number of nitriles is 1. The van der Waals surface area contributed by atoms with Gasteiger partial charge in [-0.3, -0.25) is 4.79 Å². The number of hydrogen-bond donors (Lipinski definition) is 1. The predicted molar refractivity (Wildman–Crippen MR) is 96.0 cm³/mol. The number of hydrogen-bond acceptors (Lipinski definition) is 4. The SMILES string of the molecule is N#Cc1cc2c(nc1SCC(=O)Nc1ccccc1F)CCCCC2. The fourth-order valence-corrected chi connectivity index (χ4v) is 3.64. The lowest BCUT2D eigenvalue weighted by Crippen LogP contribution is -2.15. The molecule has 0 aliphatic heterocycles. The first-order valence-corrected chi connectivity index (χ1v) is 9.26. The van der Waals surface area contributed by atoms with Crippen LogP contribution in [-0.4, -0.2) is 16.6 Å². The summed E-state index contributed by atoms with van der Waals surface area (Å²) in [5.74, 6) is -0.716. The Hall–Kier alpha value is -2.39. The van der Waals surface area contributed by atoms with Gasteiger partial charge in [-0.25, -0.2) is 9.37 Å². The van der Waals surface area contributed by atoms with Crippen LogP contribution in [0.3, 0.4) is 0 Å². The Labute approximate surface area is 150 Å². The van der Waals surface area contributed by atoms with Gasteiger partial charge < -0.3 is 5.32 Å². The van der Waals surface area contributed by atoms with Crippen molar-refractivity contribution in [2.45, 2.75) is 37.1 Å². The van der Waals surface area contributed by atoms with Gasteiger partial charge in [0.15, 0.2) is 0 Å². The van der Waals surface area contributed by atoms with Crippen LogP contribution in [0.2, 0.25) is 0 Å². The Bertz CT molecular complexity index is 832. The number of nitrogens with one attached hydrogen (secondary N) is 1. The third kappa shape index (κ3) is 4.37. The molecule has 1 N–H and O–H groups in total. The zero-order chi connectivity index (χ0) is 17.6. The summed E-state index contributed by atoms with van der Waals surface area (Å²) in [4.78, 5) is 16.7. The maximum absolute atomic E-state index is 13.6. The number of carbonyl (C=O) groups is 1. The Kier molecular flexibility index (Phi) is 5.67. The van der Waals surface area contributed by atoms with Crippen molar-refractivity contribution in [3.63, 3.8) is 0 Å². The summed E-state index contributed by atoms with van der Waals surface area (Å²) in [7, 11) is 0. The van der Waals surface area contributed by atoms with E-state index < -0.39 is 5.82 Å². The smallest absolute Gasteiger partial charge is 0.234 e. The van der Waals surface area contributed by atoms with Gasteiger partial charge in [0.05, 0.1) is 17.0 Å². The molecule has 0 atom stereocenters. The van der Waals surface area contributed by atoms with Crippen LogP contribution in [0.25, 0.3) is 0 Å². The van der Waals surface area contributed by atoms with E-state index in [1.165, 1.54) is 30.3 Å². The first-order valence-electron chi connectivity index (χ1n) is 8.27. The van der Waals surface area contributed by atoms with Crippen molar-refractivity contribution in [2.24, 2.45) is 0 Å². The fourth-order valence-electron chi connectivity index (χ4n) is 2.86. The summed E-state index contributed by atoms with van der Waals surface area (Å²) < 4.78 is 13.6. The molecule has 0 bridgehead atoms. The number of amides is 1. The lowest BCUT2D eigenvalue weighted by molar-refractivity contribution is -0.113. The van der Waals surface area contributed by atoms with E-state index in [1.54, 1.807) is 12.1 Å². The summed E-state index contributed by atoms with van der Waals surface area (Å²) in [6.45, 7) is 0. The zero-order valence-electron chi connectivity index (χ0n) is 13.7. The molecule has 4 nitrogen and oxygen atoms in total. The topological polar surface area (TPSA) is 65.8 Å². The molecule has 1 aliphatic rings. The van der Waals surface area contributed by atoms with E-state index in [2.05, 4.69) is 16.4 Å². The molecule has 0 unspecified atom stereocenters. The summed E-state index contributed by atoms with van der Waals surface area (Å²) in [5, 5.41) is 12.5. The molecule has 0 spiro atoms. The highest BCUT2D eigenvalue weighted by Crippen LogP contribution is 2.27. The van der Waals surface area contributed by atoms with Crippen LogP contribution in [0, 0.1) is 17.1 Å². The Morgan fingerprint density at radius 1 is 1.28 bits per heavy atom. The Balaban J connectivity index is 1.70.